The molecule has 98 valence electrons. The van der Waals surface area contributed by atoms with Crippen LogP contribution in [0, 0.1) is 11.8 Å². The Kier molecular flexibility index (Phi) is 3.95. The highest BCUT2D eigenvalue weighted by Crippen LogP contribution is 2.26. The van der Waals surface area contributed by atoms with Crippen LogP contribution in [0.25, 0.3) is 0 Å². The molecule has 1 heterocycles. The summed E-state index contributed by atoms with van der Waals surface area (Å²) in [5.74, 6) is 1.38. The molecule has 1 unspecified atom stereocenters. The minimum atomic E-state index is 0.110. The summed E-state index contributed by atoms with van der Waals surface area (Å²) in [5.41, 5.74) is 7.10. The van der Waals surface area contributed by atoms with Crippen LogP contribution in [0.3, 0.4) is 0 Å². The van der Waals surface area contributed by atoms with Gasteiger partial charge < -0.3 is 10.6 Å². The number of nitrogen functional groups attached to an aromatic ring is 1. The van der Waals surface area contributed by atoms with Crippen LogP contribution in [-0.4, -0.2) is 23.9 Å². The summed E-state index contributed by atoms with van der Waals surface area (Å²) in [6.45, 7) is 6.18. The third-order valence-corrected chi connectivity index (χ3v) is 4.39. The molecule has 1 atom stereocenters. The van der Waals surface area contributed by atoms with Gasteiger partial charge in [-0.25, -0.2) is 0 Å². The number of benzene rings is 1. The Labute approximate surface area is 116 Å². The first-order valence-electron chi connectivity index (χ1n) is 6.33. The molecule has 2 N–H and O–H groups in total. The van der Waals surface area contributed by atoms with Crippen LogP contribution in [0.15, 0.2) is 22.7 Å². The minimum Gasteiger partial charge on any atom is -0.398 e. The van der Waals surface area contributed by atoms with E-state index in [4.69, 9.17) is 5.73 Å². The van der Waals surface area contributed by atoms with E-state index >= 15 is 0 Å². The maximum absolute atomic E-state index is 12.3. The van der Waals surface area contributed by atoms with Crippen LogP contribution in [-0.2, 0) is 0 Å². The molecule has 3 nitrogen and oxygen atoms in total. The van der Waals surface area contributed by atoms with Gasteiger partial charge in [-0.3, -0.25) is 4.79 Å². The highest BCUT2D eigenvalue weighted by molar-refractivity contribution is 9.10. The monoisotopic (exact) mass is 310 g/mol. The number of halogens is 1. The van der Waals surface area contributed by atoms with Crippen molar-refractivity contribution >= 4 is 27.5 Å². The third kappa shape index (κ3) is 2.69. The molecule has 1 aromatic carbocycles. The molecule has 4 heteroatoms. The molecule has 18 heavy (non-hydrogen) atoms. The molecule has 1 saturated heterocycles. The number of carbonyl (C=O) groups is 1. The molecule has 2 rings (SSSR count). The summed E-state index contributed by atoms with van der Waals surface area (Å²) in [6, 6.07) is 5.37. The lowest BCUT2D eigenvalue weighted by molar-refractivity contribution is 0.0784. The van der Waals surface area contributed by atoms with E-state index in [1.165, 1.54) is 0 Å². The van der Waals surface area contributed by atoms with Gasteiger partial charge in [-0.2, -0.15) is 0 Å². The normalized spacial score (nSPS) is 19.6. The summed E-state index contributed by atoms with van der Waals surface area (Å²) < 4.78 is 0.785. The second-order valence-corrected chi connectivity index (χ2v) is 6.13. The first-order valence-corrected chi connectivity index (χ1v) is 7.12. The standard InChI is InChI=1S/C14H19BrN2O/c1-9(2)11-5-6-17(8-11)14(18)10-3-4-13(16)12(15)7-10/h3-4,7,9,11H,5-6,8,16H2,1-2H3. The fraction of sp³-hybridized carbons (Fsp3) is 0.500. The number of nitrogens with two attached hydrogens (primary N) is 1. The summed E-state index contributed by atoms with van der Waals surface area (Å²) in [6.07, 6.45) is 1.11. The minimum absolute atomic E-state index is 0.110. The molecule has 0 saturated carbocycles. The Morgan fingerprint density at radius 1 is 1.50 bits per heavy atom. The zero-order chi connectivity index (χ0) is 13.3. The van der Waals surface area contributed by atoms with Crippen LogP contribution in [0.2, 0.25) is 0 Å². The van der Waals surface area contributed by atoms with E-state index in [0.29, 0.717) is 23.1 Å². The van der Waals surface area contributed by atoms with Gasteiger partial charge in [0.25, 0.3) is 5.91 Å². The lowest BCUT2D eigenvalue weighted by Gasteiger charge is -2.18. The van der Waals surface area contributed by atoms with Gasteiger partial charge in [0.05, 0.1) is 0 Å². The lowest BCUT2D eigenvalue weighted by Crippen LogP contribution is -2.29. The van der Waals surface area contributed by atoms with E-state index in [9.17, 15) is 4.79 Å². The smallest absolute Gasteiger partial charge is 0.253 e. The number of carbonyl (C=O) groups excluding carboxylic acids is 1. The maximum atomic E-state index is 12.3. The van der Waals surface area contributed by atoms with Crippen LogP contribution in [0.4, 0.5) is 5.69 Å². The van der Waals surface area contributed by atoms with E-state index in [1.807, 2.05) is 4.90 Å². The Morgan fingerprint density at radius 3 is 2.78 bits per heavy atom. The van der Waals surface area contributed by atoms with Gasteiger partial charge in [-0.15, -0.1) is 0 Å². The average Bonchev–Trinajstić information content (AvgIpc) is 2.81. The average molecular weight is 311 g/mol. The Bertz CT molecular complexity index is 459. The number of hydrogen-bond donors (Lipinski definition) is 1. The SMILES string of the molecule is CC(C)C1CCN(C(=O)c2ccc(N)c(Br)c2)C1. The van der Waals surface area contributed by atoms with Gasteiger partial charge in [0, 0.05) is 28.8 Å². The van der Waals surface area contributed by atoms with E-state index in [1.54, 1.807) is 18.2 Å². The van der Waals surface area contributed by atoms with Gasteiger partial charge in [0.15, 0.2) is 0 Å². The largest absolute Gasteiger partial charge is 0.398 e. The molecule has 0 bridgehead atoms. The second-order valence-electron chi connectivity index (χ2n) is 5.28. The van der Waals surface area contributed by atoms with Crippen molar-refractivity contribution in [3.8, 4) is 0 Å². The van der Waals surface area contributed by atoms with Crippen molar-refractivity contribution in [2.24, 2.45) is 11.8 Å². The Balaban J connectivity index is 2.10. The van der Waals surface area contributed by atoms with E-state index in [0.717, 1.165) is 24.0 Å². The molecular formula is C14H19BrN2O. The Hall–Kier alpha value is -1.03. The molecule has 0 spiro atoms. The number of amides is 1. The topological polar surface area (TPSA) is 46.3 Å². The van der Waals surface area contributed by atoms with Crippen LogP contribution >= 0.6 is 15.9 Å². The van der Waals surface area contributed by atoms with Crippen molar-refractivity contribution in [3.63, 3.8) is 0 Å². The van der Waals surface area contributed by atoms with Crippen molar-refractivity contribution in [1.82, 2.24) is 4.90 Å². The van der Waals surface area contributed by atoms with Gasteiger partial charge in [0.1, 0.15) is 0 Å². The fourth-order valence-electron chi connectivity index (χ4n) is 2.36. The van der Waals surface area contributed by atoms with Crippen molar-refractivity contribution < 1.29 is 4.79 Å². The number of rotatable bonds is 2. The molecular weight excluding hydrogens is 292 g/mol. The van der Waals surface area contributed by atoms with Crippen molar-refractivity contribution in [3.05, 3.63) is 28.2 Å². The summed E-state index contributed by atoms with van der Waals surface area (Å²) in [7, 11) is 0. The first kappa shape index (κ1) is 13.4. The zero-order valence-electron chi connectivity index (χ0n) is 10.8. The fourth-order valence-corrected chi connectivity index (χ4v) is 2.74. The maximum Gasteiger partial charge on any atom is 0.253 e. The Morgan fingerprint density at radius 2 is 2.22 bits per heavy atom. The predicted octanol–water partition coefficient (Wildman–Crippen LogP) is 3.15. The van der Waals surface area contributed by atoms with E-state index in [-0.39, 0.29) is 5.91 Å². The zero-order valence-corrected chi connectivity index (χ0v) is 12.4. The van der Waals surface area contributed by atoms with Crippen LogP contribution in [0.1, 0.15) is 30.6 Å². The second kappa shape index (κ2) is 5.31. The molecule has 1 fully saturated rings. The third-order valence-electron chi connectivity index (χ3n) is 3.70. The molecule has 0 radical (unpaired) electrons. The summed E-state index contributed by atoms with van der Waals surface area (Å²) in [5, 5.41) is 0. The van der Waals surface area contributed by atoms with Gasteiger partial charge in [0.2, 0.25) is 0 Å². The summed E-state index contributed by atoms with van der Waals surface area (Å²) >= 11 is 3.36. The molecule has 1 amide bonds. The molecule has 1 aliphatic heterocycles. The molecule has 0 aromatic heterocycles. The van der Waals surface area contributed by atoms with Gasteiger partial charge >= 0.3 is 0 Å². The van der Waals surface area contributed by atoms with Gasteiger partial charge in [-0.1, -0.05) is 13.8 Å². The van der Waals surface area contributed by atoms with Crippen molar-refractivity contribution in [2.45, 2.75) is 20.3 Å². The number of nitrogens with zero attached hydrogens (tertiary/aromatic N) is 1. The van der Waals surface area contributed by atoms with E-state index < -0.39 is 0 Å². The summed E-state index contributed by atoms with van der Waals surface area (Å²) in [4.78, 5) is 14.3. The lowest BCUT2D eigenvalue weighted by atomic mass is 9.95. The number of anilines is 1. The molecule has 1 aliphatic rings. The van der Waals surface area contributed by atoms with Gasteiger partial charge in [-0.05, 0) is 52.4 Å². The van der Waals surface area contributed by atoms with E-state index in [2.05, 4.69) is 29.8 Å². The highest BCUT2D eigenvalue weighted by atomic mass is 79.9. The van der Waals surface area contributed by atoms with Crippen molar-refractivity contribution in [1.29, 1.82) is 0 Å². The highest BCUT2D eigenvalue weighted by Gasteiger charge is 2.28. The predicted molar refractivity (Wildman–Crippen MR) is 77.4 cm³/mol. The van der Waals surface area contributed by atoms with Crippen LogP contribution in [0.5, 0.6) is 0 Å². The molecule has 0 aliphatic carbocycles. The molecule has 1 aromatic rings. The quantitative estimate of drug-likeness (QED) is 0.853. The number of hydrogen-bond acceptors (Lipinski definition) is 2. The van der Waals surface area contributed by atoms with Crippen molar-refractivity contribution in [2.75, 3.05) is 18.8 Å². The van der Waals surface area contributed by atoms with Crippen LogP contribution < -0.4 is 5.73 Å². The first-order chi connectivity index (χ1) is 8.49. The number of likely N-dealkylation sites (tertiary alicyclic amines) is 1.